The third-order valence-electron chi connectivity index (χ3n) is 9.79. The number of unbranched alkanes of at least 4 members (excludes halogenated alkanes) is 31. The minimum atomic E-state index is 0.995. The molecule has 0 bridgehead atoms. The van der Waals surface area contributed by atoms with Crippen LogP contribution >= 0.6 is 0 Å². The maximum absolute atomic E-state index is 4.12. The van der Waals surface area contributed by atoms with Crippen LogP contribution in [0.4, 0.5) is 0 Å². The fraction of sp³-hybridized carbons (Fsp3) is 0.976. The third kappa shape index (κ3) is 36.1. The molecule has 1 atom stereocenters. The Kier molecular flexibility index (Phi) is 38.0. The molecule has 247 valence electrons. The molecule has 0 spiro atoms. The van der Waals surface area contributed by atoms with Crippen LogP contribution in [-0.2, 0) is 0 Å². The van der Waals surface area contributed by atoms with Crippen LogP contribution in [0.3, 0.4) is 0 Å². The summed E-state index contributed by atoms with van der Waals surface area (Å²) in [6.07, 6.45) is 54.1. The molecule has 0 aliphatic rings. The van der Waals surface area contributed by atoms with Gasteiger partial charge in [-0.3, -0.25) is 0 Å². The minimum Gasteiger partial charge on any atom is -0.0654 e. The highest BCUT2D eigenvalue weighted by atomic mass is 14.1. The Morgan fingerprint density at radius 1 is 0.268 bits per heavy atom. The van der Waals surface area contributed by atoms with Crippen LogP contribution in [0.2, 0.25) is 0 Å². The molecule has 0 amide bonds. The molecule has 41 heavy (non-hydrogen) atoms. The van der Waals surface area contributed by atoms with Crippen LogP contribution in [0, 0.1) is 12.8 Å². The molecule has 0 aromatic rings. The predicted molar refractivity (Wildman–Crippen MR) is 191 cm³/mol. The van der Waals surface area contributed by atoms with Crippen molar-refractivity contribution in [1.82, 2.24) is 0 Å². The molecule has 1 radical (unpaired) electrons. The van der Waals surface area contributed by atoms with Gasteiger partial charge in [0.05, 0.1) is 0 Å². The first-order valence-corrected chi connectivity index (χ1v) is 20.1. The van der Waals surface area contributed by atoms with Gasteiger partial charge in [0.15, 0.2) is 0 Å². The van der Waals surface area contributed by atoms with Gasteiger partial charge in [-0.1, -0.05) is 258 Å². The van der Waals surface area contributed by atoms with E-state index < -0.39 is 0 Å². The Balaban J connectivity index is 3.44. The van der Waals surface area contributed by atoms with Crippen LogP contribution < -0.4 is 0 Å². The molecule has 0 rings (SSSR count). The van der Waals surface area contributed by atoms with E-state index in [9.17, 15) is 0 Å². The smallest absolute Gasteiger partial charge is 0.0414 e. The molecule has 0 nitrogen and oxygen atoms in total. The van der Waals surface area contributed by atoms with E-state index in [1.165, 1.54) is 231 Å². The van der Waals surface area contributed by atoms with Crippen molar-refractivity contribution in [3.8, 4) is 0 Å². The minimum absolute atomic E-state index is 0.995. The second-order valence-corrected chi connectivity index (χ2v) is 14.0. The first-order chi connectivity index (χ1) is 20.3. The lowest BCUT2D eigenvalue weighted by Gasteiger charge is -2.16. The fourth-order valence-electron chi connectivity index (χ4n) is 6.83. The van der Waals surface area contributed by atoms with E-state index in [0.717, 1.165) is 12.3 Å². The predicted octanol–water partition coefficient (Wildman–Crippen LogP) is 15.9. The summed E-state index contributed by atoms with van der Waals surface area (Å²) in [5.74, 6) is 0.995. The molecule has 0 heterocycles. The van der Waals surface area contributed by atoms with Crippen LogP contribution in [0.1, 0.15) is 251 Å². The maximum atomic E-state index is 4.12. The van der Waals surface area contributed by atoms with Crippen molar-refractivity contribution in [3.05, 3.63) is 6.92 Å². The molecule has 0 aromatic heterocycles. The van der Waals surface area contributed by atoms with Gasteiger partial charge in [-0.05, 0) is 5.92 Å². The van der Waals surface area contributed by atoms with E-state index in [1.54, 1.807) is 0 Å². The molecule has 0 heteroatoms. The van der Waals surface area contributed by atoms with Gasteiger partial charge in [-0.25, -0.2) is 0 Å². The average Bonchev–Trinajstić information content (AvgIpc) is 2.98. The lowest BCUT2D eigenvalue weighted by molar-refractivity contribution is 0.372. The maximum Gasteiger partial charge on any atom is -0.0414 e. The number of hydrogen-bond acceptors (Lipinski definition) is 0. The van der Waals surface area contributed by atoms with E-state index in [4.69, 9.17) is 0 Å². The van der Waals surface area contributed by atoms with E-state index in [2.05, 4.69) is 20.8 Å². The Bertz CT molecular complexity index is 426. The topological polar surface area (TPSA) is 0 Å². The van der Waals surface area contributed by atoms with Crippen molar-refractivity contribution in [2.75, 3.05) is 0 Å². The quantitative estimate of drug-likeness (QED) is 0.0646. The van der Waals surface area contributed by atoms with E-state index in [-0.39, 0.29) is 0 Å². The van der Waals surface area contributed by atoms with Crippen LogP contribution in [0.25, 0.3) is 0 Å². The Labute approximate surface area is 263 Å². The summed E-state index contributed by atoms with van der Waals surface area (Å²) in [5.41, 5.74) is 0. The van der Waals surface area contributed by atoms with Gasteiger partial charge in [-0.15, -0.1) is 0 Å². The van der Waals surface area contributed by atoms with Gasteiger partial charge < -0.3 is 0 Å². The first kappa shape index (κ1) is 41.0. The van der Waals surface area contributed by atoms with Gasteiger partial charge in [0.25, 0.3) is 0 Å². The molecule has 0 aliphatic heterocycles. The highest BCUT2D eigenvalue weighted by molar-refractivity contribution is 4.62. The average molecular weight is 576 g/mol. The van der Waals surface area contributed by atoms with Gasteiger partial charge in [-0.2, -0.15) is 0 Å². The third-order valence-corrected chi connectivity index (χ3v) is 9.79. The molecule has 1 unspecified atom stereocenters. The monoisotopic (exact) mass is 576 g/mol. The van der Waals surface area contributed by atoms with Gasteiger partial charge >= 0.3 is 0 Å². The lowest BCUT2D eigenvalue weighted by Crippen LogP contribution is -2.01. The van der Waals surface area contributed by atoms with Crippen LogP contribution in [0.15, 0.2) is 0 Å². The normalized spacial score (nSPS) is 12.4. The summed E-state index contributed by atoms with van der Waals surface area (Å²) in [5, 5.41) is 0. The largest absolute Gasteiger partial charge is 0.0654 e. The van der Waals surface area contributed by atoms with E-state index >= 15 is 0 Å². The van der Waals surface area contributed by atoms with Gasteiger partial charge in [0.1, 0.15) is 0 Å². The Morgan fingerprint density at radius 2 is 0.463 bits per heavy atom. The molecule has 0 aromatic carbocycles. The molecule has 0 saturated heterocycles. The Hall–Kier alpha value is 0. The van der Waals surface area contributed by atoms with Crippen molar-refractivity contribution in [1.29, 1.82) is 0 Å². The summed E-state index contributed by atoms with van der Waals surface area (Å²) in [6.45, 7) is 8.74. The molecule has 0 fully saturated rings. The number of rotatable bonds is 37. The Morgan fingerprint density at radius 3 is 0.683 bits per heavy atom. The van der Waals surface area contributed by atoms with Crippen molar-refractivity contribution in [2.24, 2.45) is 5.92 Å². The lowest BCUT2D eigenvalue weighted by atomic mass is 9.90. The SMILES string of the molecule is [CH2]CCCC(CCCCCCCCCCCCCCCCC)CCCCCCCCCCCCCCCCCCC. The van der Waals surface area contributed by atoms with E-state index in [0.29, 0.717) is 0 Å². The molecule has 0 aliphatic carbocycles. The second-order valence-electron chi connectivity index (χ2n) is 14.0. The fourth-order valence-corrected chi connectivity index (χ4v) is 6.83. The van der Waals surface area contributed by atoms with Crippen molar-refractivity contribution >= 4 is 0 Å². The summed E-state index contributed by atoms with van der Waals surface area (Å²) in [4.78, 5) is 0. The summed E-state index contributed by atoms with van der Waals surface area (Å²) in [7, 11) is 0. The summed E-state index contributed by atoms with van der Waals surface area (Å²) < 4.78 is 0. The zero-order chi connectivity index (χ0) is 29.7. The van der Waals surface area contributed by atoms with Crippen LogP contribution in [0.5, 0.6) is 0 Å². The summed E-state index contributed by atoms with van der Waals surface area (Å²) in [6, 6.07) is 0. The van der Waals surface area contributed by atoms with Gasteiger partial charge in [0.2, 0.25) is 0 Å². The molecule has 0 saturated carbocycles. The standard InChI is InChI=1S/C41H83/c1-4-7-10-12-14-16-18-20-22-23-25-27-29-31-33-35-37-40-41(38-9-6-3)39-36-34-32-30-28-26-24-21-19-17-15-13-11-8-5-2/h41H,3-40H2,1-2H3. The second kappa shape index (κ2) is 38.0. The van der Waals surface area contributed by atoms with Crippen LogP contribution in [-0.4, -0.2) is 0 Å². The van der Waals surface area contributed by atoms with Crippen molar-refractivity contribution in [2.45, 2.75) is 251 Å². The summed E-state index contributed by atoms with van der Waals surface area (Å²) >= 11 is 0. The molecular formula is C41H83. The van der Waals surface area contributed by atoms with Crippen molar-refractivity contribution < 1.29 is 0 Å². The highest BCUT2D eigenvalue weighted by Crippen LogP contribution is 2.24. The zero-order valence-electron chi connectivity index (χ0n) is 29.4. The first-order valence-electron chi connectivity index (χ1n) is 20.1. The zero-order valence-corrected chi connectivity index (χ0v) is 29.4. The molecule has 0 N–H and O–H groups in total. The molecular weight excluding hydrogens is 492 g/mol. The highest BCUT2D eigenvalue weighted by Gasteiger charge is 2.08. The van der Waals surface area contributed by atoms with Gasteiger partial charge in [0, 0.05) is 0 Å². The van der Waals surface area contributed by atoms with Crippen molar-refractivity contribution in [3.63, 3.8) is 0 Å². The number of hydrogen-bond donors (Lipinski definition) is 0. The van der Waals surface area contributed by atoms with E-state index in [1.807, 2.05) is 0 Å².